The molecule has 0 aliphatic carbocycles. The van der Waals surface area contributed by atoms with E-state index in [0.29, 0.717) is 11.3 Å². The van der Waals surface area contributed by atoms with Crippen molar-refractivity contribution in [3.05, 3.63) is 52.9 Å². The van der Waals surface area contributed by atoms with Gasteiger partial charge in [-0.2, -0.15) is 0 Å². The van der Waals surface area contributed by atoms with Gasteiger partial charge in [0.15, 0.2) is 12.0 Å². The van der Waals surface area contributed by atoms with Gasteiger partial charge in [-0.05, 0) is 37.9 Å². The Bertz CT molecular complexity index is 1040. The highest BCUT2D eigenvalue weighted by Gasteiger charge is 2.44. The van der Waals surface area contributed by atoms with Gasteiger partial charge in [-0.15, -0.1) is 0 Å². The number of nitrogens with zero attached hydrogens (tertiary/aromatic N) is 3. The lowest BCUT2D eigenvalue weighted by molar-refractivity contribution is -0.138. The van der Waals surface area contributed by atoms with Gasteiger partial charge in [-0.3, -0.25) is 24.6 Å². The van der Waals surface area contributed by atoms with E-state index in [2.05, 4.69) is 22.3 Å². The molecule has 33 heavy (non-hydrogen) atoms. The Labute approximate surface area is 192 Å². The molecule has 1 unspecified atom stereocenters. The summed E-state index contributed by atoms with van der Waals surface area (Å²) in [5, 5.41) is 6.48. The standard InChI is InChI=1S/C24H28N4O5/c1-15-6-8-27(9-7-15)13-16-10-18(33-26-16)14-32-24-20-5-3-2-4-19(20)23(31)28(24)17-11-21(29)25-22(30)12-17/h2-5,10,15,17,24H,6-9,11-14H2,1H3,(H,25,29,30). The Morgan fingerprint density at radius 2 is 1.85 bits per heavy atom. The van der Waals surface area contributed by atoms with Gasteiger partial charge in [0.2, 0.25) is 11.8 Å². The molecule has 5 rings (SSSR count). The number of nitrogens with one attached hydrogen (secondary N) is 1. The van der Waals surface area contributed by atoms with E-state index in [1.807, 2.05) is 18.2 Å². The Balaban J connectivity index is 1.29. The fourth-order valence-electron chi connectivity index (χ4n) is 4.89. The molecule has 1 aromatic carbocycles. The molecule has 4 heterocycles. The van der Waals surface area contributed by atoms with E-state index in [1.54, 1.807) is 12.1 Å². The zero-order valence-corrected chi connectivity index (χ0v) is 18.7. The SMILES string of the molecule is CC1CCN(Cc2cc(COC3c4ccccc4C(=O)N3C3CC(=O)NC(=O)C3)on2)CC1. The van der Waals surface area contributed by atoms with Crippen LogP contribution < -0.4 is 5.32 Å². The van der Waals surface area contributed by atoms with Gasteiger partial charge in [0.1, 0.15) is 6.61 Å². The fraction of sp³-hybridized carbons (Fsp3) is 0.500. The van der Waals surface area contributed by atoms with Crippen LogP contribution in [0.3, 0.4) is 0 Å². The summed E-state index contributed by atoms with van der Waals surface area (Å²) in [5.41, 5.74) is 2.11. The number of imide groups is 1. The van der Waals surface area contributed by atoms with E-state index < -0.39 is 12.3 Å². The lowest BCUT2D eigenvalue weighted by Crippen LogP contribution is -2.50. The van der Waals surface area contributed by atoms with Crippen molar-refractivity contribution in [3.8, 4) is 0 Å². The molecular formula is C24H28N4O5. The van der Waals surface area contributed by atoms with Crippen LogP contribution in [0.1, 0.15) is 66.2 Å². The van der Waals surface area contributed by atoms with Gasteiger partial charge in [0, 0.05) is 36.6 Å². The van der Waals surface area contributed by atoms with Gasteiger partial charge in [0.05, 0.1) is 11.7 Å². The third-order valence-corrected chi connectivity index (χ3v) is 6.71. The summed E-state index contributed by atoms with van der Waals surface area (Å²) in [6, 6.07) is 8.55. The van der Waals surface area contributed by atoms with Crippen molar-refractivity contribution in [1.29, 1.82) is 0 Å². The van der Waals surface area contributed by atoms with Crippen LogP contribution in [-0.2, 0) is 27.5 Å². The van der Waals surface area contributed by atoms with Crippen molar-refractivity contribution in [2.45, 2.75) is 58.0 Å². The van der Waals surface area contributed by atoms with Crippen molar-refractivity contribution >= 4 is 17.7 Å². The zero-order chi connectivity index (χ0) is 22.9. The summed E-state index contributed by atoms with van der Waals surface area (Å²) in [5.74, 6) is 0.342. The van der Waals surface area contributed by atoms with Crippen LogP contribution in [0, 0.1) is 5.92 Å². The summed E-state index contributed by atoms with van der Waals surface area (Å²) in [7, 11) is 0. The molecule has 3 aliphatic rings. The van der Waals surface area contributed by atoms with E-state index in [4.69, 9.17) is 9.26 Å². The molecule has 2 fully saturated rings. The second-order valence-corrected chi connectivity index (χ2v) is 9.24. The molecule has 1 atom stereocenters. The minimum atomic E-state index is -0.700. The first-order valence-electron chi connectivity index (χ1n) is 11.5. The van der Waals surface area contributed by atoms with Crippen molar-refractivity contribution < 1.29 is 23.6 Å². The van der Waals surface area contributed by atoms with E-state index in [9.17, 15) is 14.4 Å². The molecular weight excluding hydrogens is 424 g/mol. The van der Waals surface area contributed by atoms with Crippen molar-refractivity contribution in [3.63, 3.8) is 0 Å². The summed E-state index contributed by atoms with van der Waals surface area (Å²) in [6.07, 6.45) is 1.81. The average molecular weight is 453 g/mol. The summed E-state index contributed by atoms with van der Waals surface area (Å²) in [4.78, 5) is 40.9. The van der Waals surface area contributed by atoms with Crippen molar-refractivity contribution in [2.24, 2.45) is 5.92 Å². The highest BCUT2D eigenvalue weighted by Crippen LogP contribution is 2.38. The van der Waals surface area contributed by atoms with Crippen LogP contribution in [0.5, 0.6) is 0 Å². The topological polar surface area (TPSA) is 105 Å². The first-order valence-corrected chi connectivity index (χ1v) is 11.5. The Kier molecular flexibility index (Phi) is 5.99. The van der Waals surface area contributed by atoms with Crippen molar-refractivity contribution in [2.75, 3.05) is 13.1 Å². The van der Waals surface area contributed by atoms with E-state index in [1.165, 1.54) is 17.7 Å². The number of aromatic nitrogens is 1. The van der Waals surface area contributed by atoms with Gasteiger partial charge in [0.25, 0.3) is 5.91 Å². The number of ether oxygens (including phenoxy) is 1. The van der Waals surface area contributed by atoms with Crippen LogP contribution in [0.4, 0.5) is 0 Å². The fourth-order valence-corrected chi connectivity index (χ4v) is 4.89. The molecule has 9 nitrogen and oxygen atoms in total. The zero-order valence-electron chi connectivity index (χ0n) is 18.7. The maximum atomic E-state index is 13.1. The molecule has 9 heteroatoms. The number of hydrogen-bond donors (Lipinski definition) is 1. The van der Waals surface area contributed by atoms with Crippen LogP contribution in [0.25, 0.3) is 0 Å². The number of benzene rings is 1. The molecule has 1 aromatic heterocycles. The van der Waals surface area contributed by atoms with Crippen LogP contribution in [0.15, 0.2) is 34.9 Å². The maximum absolute atomic E-state index is 13.1. The maximum Gasteiger partial charge on any atom is 0.256 e. The Morgan fingerprint density at radius 1 is 1.12 bits per heavy atom. The molecule has 0 radical (unpaired) electrons. The number of rotatable bonds is 6. The third-order valence-electron chi connectivity index (χ3n) is 6.71. The van der Waals surface area contributed by atoms with E-state index >= 15 is 0 Å². The molecule has 0 spiro atoms. The largest absolute Gasteiger partial charge is 0.359 e. The molecule has 174 valence electrons. The number of likely N-dealkylation sites (tertiary alicyclic amines) is 1. The number of piperidine rings is 2. The lowest BCUT2D eigenvalue weighted by Gasteiger charge is -2.34. The monoisotopic (exact) mass is 452 g/mol. The second kappa shape index (κ2) is 9.07. The minimum Gasteiger partial charge on any atom is -0.359 e. The first kappa shape index (κ1) is 21.8. The molecule has 3 amide bonds. The van der Waals surface area contributed by atoms with Gasteiger partial charge < -0.3 is 14.2 Å². The van der Waals surface area contributed by atoms with E-state index in [0.717, 1.165) is 36.8 Å². The normalized spacial score (nSPS) is 22.6. The molecule has 0 saturated carbocycles. The van der Waals surface area contributed by atoms with Crippen molar-refractivity contribution in [1.82, 2.24) is 20.3 Å². The van der Waals surface area contributed by atoms with E-state index in [-0.39, 0.29) is 37.2 Å². The molecule has 2 aromatic rings. The van der Waals surface area contributed by atoms with Crippen LogP contribution >= 0.6 is 0 Å². The third kappa shape index (κ3) is 4.56. The smallest absolute Gasteiger partial charge is 0.256 e. The minimum absolute atomic E-state index is 0.0617. The number of hydrogen-bond acceptors (Lipinski definition) is 7. The average Bonchev–Trinajstić information content (AvgIpc) is 3.35. The number of carbonyl (C=O) groups excluding carboxylic acids is 3. The Morgan fingerprint density at radius 3 is 2.61 bits per heavy atom. The predicted molar refractivity (Wildman–Crippen MR) is 116 cm³/mol. The highest BCUT2D eigenvalue weighted by molar-refractivity contribution is 6.02. The van der Waals surface area contributed by atoms with Gasteiger partial charge >= 0.3 is 0 Å². The molecule has 1 N–H and O–H groups in total. The van der Waals surface area contributed by atoms with Gasteiger partial charge in [-0.1, -0.05) is 30.3 Å². The lowest BCUT2D eigenvalue weighted by atomic mass is 9.99. The quantitative estimate of drug-likeness (QED) is 0.671. The van der Waals surface area contributed by atoms with Crippen LogP contribution in [0.2, 0.25) is 0 Å². The molecule has 2 saturated heterocycles. The number of amides is 3. The van der Waals surface area contributed by atoms with Crippen LogP contribution in [-0.4, -0.2) is 51.8 Å². The highest BCUT2D eigenvalue weighted by atomic mass is 16.5. The Hall–Kier alpha value is -3.04. The number of carbonyl (C=O) groups is 3. The second-order valence-electron chi connectivity index (χ2n) is 9.24. The predicted octanol–water partition coefficient (Wildman–Crippen LogP) is 2.38. The first-order chi connectivity index (χ1) is 16.0. The summed E-state index contributed by atoms with van der Waals surface area (Å²) in [6.45, 7) is 5.27. The van der Waals surface area contributed by atoms with Gasteiger partial charge in [-0.25, -0.2) is 0 Å². The molecule has 3 aliphatic heterocycles. The molecule has 0 bridgehead atoms. The summed E-state index contributed by atoms with van der Waals surface area (Å²) >= 11 is 0. The summed E-state index contributed by atoms with van der Waals surface area (Å²) < 4.78 is 11.6. The number of fused-ring (bicyclic) bond motifs is 1.